The number of ether oxygens (including phenoxy) is 2. The molecule has 0 amide bonds. The van der Waals surface area contributed by atoms with Gasteiger partial charge in [0, 0.05) is 18.6 Å². The van der Waals surface area contributed by atoms with Gasteiger partial charge in [0.15, 0.2) is 11.5 Å². The first-order valence-electron chi connectivity index (χ1n) is 6.86. The molecule has 0 aliphatic carbocycles. The minimum atomic E-state index is 0.693. The Morgan fingerprint density at radius 2 is 1.76 bits per heavy atom. The van der Waals surface area contributed by atoms with Crippen LogP contribution in [0.2, 0.25) is 0 Å². The maximum absolute atomic E-state index is 5.32. The molecule has 0 aliphatic heterocycles. The second-order valence-corrected chi connectivity index (χ2v) is 5.01. The van der Waals surface area contributed by atoms with Crippen LogP contribution in [0.25, 0.3) is 11.0 Å². The van der Waals surface area contributed by atoms with Crippen LogP contribution in [0.5, 0.6) is 11.5 Å². The molecular formula is C17H18N2O2. The Bertz CT molecular complexity index is 737. The first-order chi connectivity index (χ1) is 10.2. The van der Waals surface area contributed by atoms with Gasteiger partial charge in [-0.05, 0) is 18.1 Å². The lowest BCUT2D eigenvalue weighted by molar-refractivity contribution is 0.356. The van der Waals surface area contributed by atoms with E-state index in [1.807, 2.05) is 18.2 Å². The minimum absolute atomic E-state index is 0.693. The molecule has 0 radical (unpaired) electrons. The molecule has 0 saturated heterocycles. The quantitative estimate of drug-likeness (QED) is 0.797. The monoisotopic (exact) mass is 282 g/mol. The van der Waals surface area contributed by atoms with E-state index in [4.69, 9.17) is 9.47 Å². The number of hydrogen-bond acceptors (Lipinski definition) is 3. The normalized spacial score (nSPS) is 10.8. The first-order valence-corrected chi connectivity index (χ1v) is 6.86. The first kappa shape index (κ1) is 13.5. The fourth-order valence-electron chi connectivity index (χ4n) is 2.46. The van der Waals surface area contributed by atoms with E-state index in [2.05, 4.69) is 35.1 Å². The number of nitrogens with zero attached hydrogens (tertiary/aromatic N) is 1. The van der Waals surface area contributed by atoms with Gasteiger partial charge in [0.2, 0.25) is 0 Å². The topological polar surface area (TPSA) is 47.1 Å². The van der Waals surface area contributed by atoms with Crippen molar-refractivity contribution < 1.29 is 9.47 Å². The van der Waals surface area contributed by atoms with Gasteiger partial charge in [-0.15, -0.1) is 0 Å². The Kier molecular flexibility index (Phi) is 3.52. The molecule has 1 aromatic heterocycles. The Morgan fingerprint density at radius 1 is 1.05 bits per heavy atom. The van der Waals surface area contributed by atoms with Crippen molar-refractivity contribution in [2.75, 3.05) is 14.2 Å². The number of aryl methyl sites for hydroxylation is 1. The van der Waals surface area contributed by atoms with Crippen LogP contribution in [0, 0.1) is 6.92 Å². The van der Waals surface area contributed by atoms with Gasteiger partial charge in [-0.25, -0.2) is 4.98 Å². The summed E-state index contributed by atoms with van der Waals surface area (Å²) in [5.41, 5.74) is 4.39. The summed E-state index contributed by atoms with van der Waals surface area (Å²) < 4.78 is 10.6. The maximum atomic E-state index is 5.32. The smallest absolute Gasteiger partial charge is 0.163 e. The van der Waals surface area contributed by atoms with E-state index in [0.29, 0.717) is 11.5 Å². The molecule has 21 heavy (non-hydrogen) atoms. The highest BCUT2D eigenvalue weighted by atomic mass is 16.5. The van der Waals surface area contributed by atoms with Gasteiger partial charge in [0.25, 0.3) is 0 Å². The summed E-state index contributed by atoms with van der Waals surface area (Å²) in [6.07, 6.45) is 0.784. The summed E-state index contributed by atoms with van der Waals surface area (Å²) in [7, 11) is 3.26. The lowest BCUT2D eigenvalue weighted by Gasteiger charge is -2.06. The van der Waals surface area contributed by atoms with E-state index in [-0.39, 0.29) is 0 Å². The van der Waals surface area contributed by atoms with Crippen LogP contribution in [0.1, 0.15) is 17.0 Å². The molecule has 0 saturated carbocycles. The molecule has 1 heterocycles. The number of hydrogen-bond donors (Lipinski definition) is 1. The van der Waals surface area contributed by atoms with Crippen molar-refractivity contribution in [2.24, 2.45) is 0 Å². The molecule has 0 unspecified atom stereocenters. The number of aromatic amines is 1. The summed E-state index contributed by atoms with van der Waals surface area (Å²) in [4.78, 5) is 7.99. The fraction of sp³-hybridized carbons (Fsp3) is 0.235. The van der Waals surface area contributed by atoms with E-state index >= 15 is 0 Å². The molecule has 4 heteroatoms. The highest BCUT2D eigenvalue weighted by Gasteiger charge is 2.10. The second kappa shape index (κ2) is 5.48. The number of rotatable bonds is 4. The summed E-state index contributed by atoms with van der Waals surface area (Å²) >= 11 is 0. The molecule has 4 nitrogen and oxygen atoms in total. The molecule has 1 N–H and O–H groups in total. The van der Waals surface area contributed by atoms with Crippen molar-refractivity contribution in [3.63, 3.8) is 0 Å². The lowest BCUT2D eigenvalue weighted by Crippen LogP contribution is -1.93. The Labute approximate surface area is 123 Å². The number of imidazole rings is 1. The average Bonchev–Trinajstić information content (AvgIpc) is 2.89. The Balaban J connectivity index is 1.99. The largest absolute Gasteiger partial charge is 0.493 e. The number of benzene rings is 2. The molecule has 0 atom stereocenters. The highest BCUT2D eigenvalue weighted by Crippen LogP contribution is 2.31. The van der Waals surface area contributed by atoms with E-state index in [9.17, 15) is 0 Å². The van der Waals surface area contributed by atoms with Crippen molar-refractivity contribution in [2.45, 2.75) is 13.3 Å². The van der Waals surface area contributed by atoms with Gasteiger partial charge in [0.05, 0.1) is 25.3 Å². The number of H-pyrrole nitrogens is 1. The van der Waals surface area contributed by atoms with Crippen molar-refractivity contribution in [3.05, 3.63) is 53.3 Å². The van der Waals surface area contributed by atoms with Crippen LogP contribution in [-0.4, -0.2) is 24.2 Å². The zero-order valence-electron chi connectivity index (χ0n) is 12.4. The van der Waals surface area contributed by atoms with Gasteiger partial charge in [-0.1, -0.05) is 24.3 Å². The lowest BCUT2D eigenvalue weighted by atomic mass is 10.1. The zero-order valence-corrected chi connectivity index (χ0v) is 12.4. The van der Waals surface area contributed by atoms with Crippen LogP contribution in [0.15, 0.2) is 36.4 Å². The third-order valence-electron chi connectivity index (χ3n) is 3.66. The zero-order chi connectivity index (χ0) is 14.8. The van der Waals surface area contributed by atoms with Gasteiger partial charge in [0.1, 0.15) is 5.82 Å². The molecule has 0 spiro atoms. The molecule has 3 aromatic rings. The van der Waals surface area contributed by atoms with E-state index in [1.165, 1.54) is 11.1 Å². The van der Waals surface area contributed by atoms with Crippen LogP contribution >= 0.6 is 0 Å². The molecule has 0 fully saturated rings. The molecule has 2 aromatic carbocycles. The van der Waals surface area contributed by atoms with Crippen molar-refractivity contribution in [3.8, 4) is 11.5 Å². The van der Waals surface area contributed by atoms with E-state index < -0.39 is 0 Å². The van der Waals surface area contributed by atoms with Gasteiger partial charge < -0.3 is 14.5 Å². The molecule has 0 bridgehead atoms. The van der Waals surface area contributed by atoms with Gasteiger partial charge >= 0.3 is 0 Å². The highest BCUT2D eigenvalue weighted by molar-refractivity contribution is 5.79. The standard InChI is InChI=1S/C17H18N2O2/c1-11-6-4-5-7-12(11)8-17-18-13-9-15(20-2)16(21-3)10-14(13)19-17/h4-7,9-10H,8H2,1-3H3,(H,18,19). The van der Waals surface area contributed by atoms with Crippen molar-refractivity contribution in [1.29, 1.82) is 0 Å². The van der Waals surface area contributed by atoms with E-state index in [1.54, 1.807) is 14.2 Å². The van der Waals surface area contributed by atoms with E-state index in [0.717, 1.165) is 23.3 Å². The molecule has 0 aliphatic rings. The predicted octanol–water partition coefficient (Wildman–Crippen LogP) is 3.48. The Morgan fingerprint density at radius 3 is 2.48 bits per heavy atom. The number of nitrogens with one attached hydrogen (secondary N) is 1. The SMILES string of the molecule is COc1cc2nc(Cc3ccccc3C)[nH]c2cc1OC. The second-order valence-electron chi connectivity index (χ2n) is 5.01. The van der Waals surface area contributed by atoms with Gasteiger partial charge in [-0.3, -0.25) is 0 Å². The summed E-state index contributed by atoms with van der Waals surface area (Å²) in [5.74, 6) is 2.34. The number of aromatic nitrogens is 2. The van der Waals surface area contributed by atoms with Crippen molar-refractivity contribution in [1.82, 2.24) is 9.97 Å². The van der Waals surface area contributed by atoms with Crippen LogP contribution < -0.4 is 9.47 Å². The third-order valence-corrected chi connectivity index (χ3v) is 3.66. The number of methoxy groups -OCH3 is 2. The number of fused-ring (bicyclic) bond motifs is 1. The van der Waals surface area contributed by atoms with Gasteiger partial charge in [-0.2, -0.15) is 0 Å². The molecule has 108 valence electrons. The average molecular weight is 282 g/mol. The summed E-state index contributed by atoms with van der Waals surface area (Å²) in [5, 5.41) is 0. The van der Waals surface area contributed by atoms with Crippen LogP contribution in [0.3, 0.4) is 0 Å². The Hall–Kier alpha value is -2.49. The fourth-order valence-corrected chi connectivity index (χ4v) is 2.46. The van der Waals surface area contributed by atoms with Crippen molar-refractivity contribution >= 4 is 11.0 Å². The maximum Gasteiger partial charge on any atom is 0.163 e. The van der Waals surface area contributed by atoms with Crippen LogP contribution in [0.4, 0.5) is 0 Å². The predicted molar refractivity (Wildman–Crippen MR) is 83.2 cm³/mol. The minimum Gasteiger partial charge on any atom is -0.493 e. The summed E-state index contributed by atoms with van der Waals surface area (Å²) in [6.45, 7) is 2.12. The third kappa shape index (κ3) is 2.57. The van der Waals surface area contributed by atoms with Crippen LogP contribution in [-0.2, 0) is 6.42 Å². The molecular weight excluding hydrogens is 264 g/mol. The molecule has 3 rings (SSSR count). The summed E-state index contributed by atoms with van der Waals surface area (Å²) in [6, 6.07) is 12.2.